The summed E-state index contributed by atoms with van der Waals surface area (Å²) in [5, 5.41) is 4.18. The van der Waals surface area contributed by atoms with E-state index in [1.807, 2.05) is 6.92 Å². The van der Waals surface area contributed by atoms with Crippen LogP contribution in [-0.4, -0.2) is 40.2 Å². The summed E-state index contributed by atoms with van der Waals surface area (Å²) in [6, 6.07) is 6.62. The summed E-state index contributed by atoms with van der Waals surface area (Å²) in [5.41, 5.74) is 4.27. The van der Waals surface area contributed by atoms with Crippen LogP contribution in [0.15, 0.2) is 46.5 Å². The van der Waals surface area contributed by atoms with Gasteiger partial charge in [0.25, 0.3) is 10.0 Å². The Kier molecular flexibility index (Phi) is 3.16. The lowest BCUT2D eigenvalue weighted by molar-refractivity contribution is 0.102. The van der Waals surface area contributed by atoms with Crippen LogP contribution in [0.3, 0.4) is 0 Å². The zero-order chi connectivity index (χ0) is 18.9. The van der Waals surface area contributed by atoms with Crippen molar-refractivity contribution in [2.75, 3.05) is 6.54 Å². The van der Waals surface area contributed by atoms with E-state index in [2.05, 4.69) is 10.1 Å². The second-order valence-corrected chi connectivity index (χ2v) is 8.65. The van der Waals surface area contributed by atoms with Gasteiger partial charge in [-0.2, -0.15) is 5.10 Å². The van der Waals surface area contributed by atoms with Gasteiger partial charge < -0.3 is 0 Å². The molecule has 0 saturated heterocycles. The van der Waals surface area contributed by atoms with E-state index in [-0.39, 0.29) is 16.4 Å². The number of aryl methyl sites for hydroxylation is 2. The number of aliphatic imine (C=N–C) groups is 1. The van der Waals surface area contributed by atoms with E-state index in [4.69, 9.17) is 0 Å². The van der Waals surface area contributed by atoms with Crippen LogP contribution in [0.1, 0.15) is 38.4 Å². The van der Waals surface area contributed by atoms with Crippen molar-refractivity contribution < 1.29 is 13.2 Å². The second-order valence-electron chi connectivity index (χ2n) is 6.83. The molecule has 8 heteroatoms. The highest BCUT2D eigenvalue weighted by atomic mass is 32.2. The first kappa shape index (κ1) is 16.2. The van der Waals surface area contributed by atoms with Crippen molar-refractivity contribution in [1.82, 2.24) is 13.8 Å². The molecule has 5 rings (SSSR count). The highest BCUT2D eigenvalue weighted by Gasteiger charge is 2.40. The number of hydrogen-bond acceptors (Lipinski definition) is 5. The molecule has 0 saturated carbocycles. The molecule has 3 heterocycles. The van der Waals surface area contributed by atoms with E-state index in [0.717, 1.165) is 15.1 Å². The minimum atomic E-state index is -3.90. The molecule has 27 heavy (non-hydrogen) atoms. The SMILES string of the molecule is Cc1ccc(S(=O)(=O)n2cc3c4c2C(=O)c2c(cnn2C)C4=NCC3)cc1. The fourth-order valence-corrected chi connectivity index (χ4v) is 5.18. The lowest BCUT2D eigenvalue weighted by Crippen LogP contribution is -2.28. The summed E-state index contributed by atoms with van der Waals surface area (Å²) in [7, 11) is -2.23. The van der Waals surface area contributed by atoms with Crippen LogP contribution in [0.4, 0.5) is 0 Å². The van der Waals surface area contributed by atoms with Gasteiger partial charge in [0, 0.05) is 30.9 Å². The lowest BCUT2D eigenvalue weighted by Gasteiger charge is -2.20. The normalized spacial score (nSPS) is 15.3. The van der Waals surface area contributed by atoms with Crippen LogP contribution in [0.2, 0.25) is 0 Å². The number of hydrogen-bond donors (Lipinski definition) is 0. The topological polar surface area (TPSA) is 86.3 Å². The molecule has 136 valence electrons. The Morgan fingerprint density at radius 2 is 1.85 bits per heavy atom. The zero-order valence-electron chi connectivity index (χ0n) is 14.8. The number of carbonyl (C=O) groups excluding carboxylic acids is 1. The molecule has 0 amide bonds. The summed E-state index contributed by atoms with van der Waals surface area (Å²) >= 11 is 0. The Morgan fingerprint density at radius 3 is 2.59 bits per heavy atom. The average Bonchev–Trinajstić information content (AvgIpc) is 3.23. The molecule has 2 aliphatic rings. The molecule has 1 aliphatic heterocycles. The number of carbonyl (C=O) groups is 1. The average molecular weight is 380 g/mol. The number of fused-ring (bicyclic) bond motifs is 2. The quantitative estimate of drug-likeness (QED) is 0.530. The zero-order valence-corrected chi connectivity index (χ0v) is 15.6. The van der Waals surface area contributed by atoms with Gasteiger partial charge in [-0.3, -0.25) is 14.5 Å². The third-order valence-corrected chi connectivity index (χ3v) is 6.81. The third-order valence-electron chi connectivity index (χ3n) is 5.14. The molecule has 0 spiro atoms. The first-order valence-corrected chi connectivity index (χ1v) is 10.0. The molecular weight excluding hydrogens is 364 g/mol. The Labute approximate surface area is 156 Å². The standard InChI is InChI=1S/C19H16N4O3S/c1-11-3-5-13(6-4-11)27(25,26)23-10-12-7-8-20-16-14-9-21-22(2)17(14)19(24)18(23)15(12)16/h3-6,9-10H,7-8H2,1-2H3. The minimum absolute atomic E-state index is 0.152. The molecule has 7 nitrogen and oxygen atoms in total. The Balaban J connectivity index is 1.80. The summed E-state index contributed by atoms with van der Waals surface area (Å²) < 4.78 is 29.2. The Bertz CT molecular complexity index is 1260. The maximum Gasteiger partial charge on any atom is 0.268 e. The van der Waals surface area contributed by atoms with Crippen molar-refractivity contribution in [2.24, 2.45) is 12.0 Å². The van der Waals surface area contributed by atoms with Crippen LogP contribution in [0.5, 0.6) is 0 Å². The summed E-state index contributed by atoms with van der Waals surface area (Å²) in [6.45, 7) is 2.45. The molecule has 0 radical (unpaired) electrons. The van der Waals surface area contributed by atoms with Gasteiger partial charge in [-0.1, -0.05) is 17.7 Å². The van der Waals surface area contributed by atoms with Gasteiger partial charge in [-0.05, 0) is 31.0 Å². The van der Waals surface area contributed by atoms with Gasteiger partial charge in [0.05, 0.1) is 16.8 Å². The van der Waals surface area contributed by atoms with Crippen molar-refractivity contribution in [2.45, 2.75) is 18.2 Å². The van der Waals surface area contributed by atoms with Gasteiger partial charge in [0.15, 0.2) is 0 Å². The summed E-state index contributed by atoms with van der Waals surface area (Å²) in [5.74, 6) is -0.345. The molecule has 0 fully saturated rings. The number of benzene rings is 1. The number of nitrogens with zero attached hydrogens (tertiary/aromatic N) is 4. The number of aromatic nitrogens is 3. The molecular formula is C19H16N4O3S. The van der Waals surface area contributed by atoms with Crippen LogP contribution < -0.4 is 0 Å². The highest BCUT2D eigenvalue weighted by molar-refractivity contribution is 7.90. The van der Waals surface area contributed by atoms with Gasteiger partial charge >= 0.3 is 0 Å². The smallest absolute Gasteiger partial charge is 0.268 e. The number of ketones is 1. The van der Waals surface area contributed by atoms with Crippen molar-refractivity contribution in [3.8, 4) is 0 Å². The maximum absolute atomic E-state index is 13.3. The third kappa shape index (κ3) is 2.07. The fraction of sp³-hybridized carbons (Fsp3) is 0.211. The maximum atomic E-state index is 13.3. The van der Waals surface area contributed by atoms with Crippen LogP contribution in [-0.2, 0) is 23.5 Å². The van der Waals surface area contributed by atoms with Crippen molar-refractivity contribution in [3.05, 3.63) is 70.3 Å². The first-order valence-electron chi connectivity index (χ1n) is 8.58. The molecule has 1 aromatic carbocycles. The van der Waals surface area contributed by atoms with Gasteiger partial charge in [-0.25, -0.2) is 12.4 Å². The van der Waals surface area contributed by atoms with Crippen molar-refractivity contribution >= 4 is 21.5 Å². The Hall–Kier alpha value is -3.00. The predicted octanol–water partition coefficient (Wildman–Crippen LogP) is 1.70. The van der Waals surface area contributed by atoms with Gasteiger partial charge in [-0.15, -0.1) is 0 Å². The summed E-state index contributed by atoms with van der Waals surface area (Å²) in [4.78, 5) is 18.0. The first-order chi connectivity index (χ1) is 12.9. The van der Waals surface area contributed by atoms with E-state index in [9.17, 15) is 13.2 Å². The molecule has 0 bridgehead atoms. The van der Waals surface area contributed by atoms with Gasteiger partial charge in [0.2, 0.25) is 5.78 Å². The van der Waals surface area contributed by atoms with Gasteiger partial charge in [0.1, 0.15) is 11.4 Å². The fourth-order valence-electron chi connectivity index (χ4n) is 3.79. The lowest BCUT2D eigenvalue weighted by atomic mass is 9.88. The number of rotatable bonds is 2. The molecule has 0 N–H and O–H groups in total. The molecule has 0 unspecified atom stereocenters. The summed E-state index contributed by atoms with van der Waals surface area (Å²) in [6.07, 6.45) is 3.80. The van der Waals surface area contributed by atoms with Crippen LogP contribution in [0.25, 0.3) is 0 Å². The van der Waals surface area contributed by atoms with E-state index in [1.165, 1.54) is 4.68 Å². The van der Waals surface area contributed by atoms with Crippen molar-refractivity contribution in [3.63, 3.8) is 0 Å². The molecule has 0 atom stereocenters. The van der Waals surface area contributed by atoms with E-state index in [0.29, 0.717) is 35.5 Å². The largest absolute Gasteiger partial charge is 0.285 e. The van der Waals surface area contributed by atoms with E-state index in [1.54, 1.807) is 43.7 Å². The van der Waals surface area contributed by atoms with Crippen LogP contribution >= 0.6 is 0 Å². The minimum Gasteiger partial charge on any atom is -0.285 e. The second kappa shape index (κ2) is 5.26. The van der Waals surface area contributed by atoms with Crippen molar-refractivity contribution in [1.29, 1.82) is 0 Å². The predicted molar refractivity (Wildman–Crippen MR) is 99.0 cm³/mol. The molecule has 1 aliphatic carbocycles. The molecule has 3 aromatic rings. The van der Waals surface area contributed by atoms with E-state index >= 15 is 0 Å². The highest BCUT2D eigenvalue weighted by Crippen LogP contribution is 2.35. The monoisotopic (exact) mass is 380 g/mol. The molecule has 2 aromatic heterocycles. The Morgan fingerprint density at radius 1 is 1.11 bits per heavy atom. The van der Waals surface area contributed by atoms with Crippen LogP contribution in [0, 0.1) is 6.92 Å². The van der Waals surface area contributed by atoms with E-state index < -0.39 is 10.0 Å².